The van der Waals surface area contributed by atoms with Gasteiger partial charge in [0.05, 0.1) is 0 Å². The average Bonchev–Trinajstić information content (AvgIpc) is 2.39. The Bertz CT molecular complexity index is 426. The van der Waals surface area contributed by atoms with Crippen molar-refractivity contribution in [3.8, 4) is 0 Å². The van der Waals surface area contributed by atoms with Gasteiger partial charge in [-0.15, -0.1) is 0 Å². The van der Waals surface area contributed by atoms with E-state index >= 15 is 0 Å². The van der Waals surface area contributed by atoms with E-state index in [1.165, 1.54) is 43.2 Å². The highest BCUT2D eigenvalue weighted by Gasteiger charge is 2.25. The molecule has 1 saturated heterocycles. The Kier molecular flexibility index (Phi) is 4.81. The van der Waals surface area contributed by atoms with Gasteiger partial charge in [0.15, 0.2) is 0 Å². The fraction of sp³-hybridized carbons (Fsp3) is 0.688. The van der Waals surface area contributed by atoms with E-state index in [9.17, 15) is 0 Å². The molecule has 1 atom stereocenters. The molecule has 1 unspecified atom stereocenters. The van der Waals surface area contributed by atoms with Crippen LogP contribution in [0.5, 0.6) is 0 Å². The summed E-state index contributed by atoms with van der Waals surface area (Å²) in [6, 6.07) is 2.79. The zero-order chi connectivity index (χ0) is 13.8. The molecule has 1 fully saturated rings. The van der Waals surface area contributed by atoms with E-state index in [0.717, 1.165) is 18.1 Å². The summed E-state index contributed by atoms with van der Waals surface area (Å²) < 4.78 is 0. The van der Waals surface area contributed by atoms with Crippen molar-refractivity contribution in [1.82, 2.24) is 4.98 Å². The summed E-state index contributed by atoms with van der Waals surface area (Å²) in [5, 5.41) is 0. The molecule has 106 valence electrons. The second kappa shape index (κ2) is 6.38. The largest absolute Gasteiger partial charge is 0.353 e. The van der Waals surface area contributed by atoms with Crippen LogP contribution in [-0.2, 0) is 6.54 Å². The maximum atomic E-state index is 5.96. The minimum atomic E-state index is 0.587. The van der Waals surface area contributed by atoms with Gasteiger partial charge in [-0.05, 0) is 51.2 Å². The normalized spacial score (nSPS) is 19.8. The lowest BCUT2D eigenvalue weighted by atomic mass is 9.97. The Balaban J connectivity index is 2.37. The molecule has 0 radical (unpaired) electrons. The van der Waals surface area contributed by atoms with Crippen molar-refractivity contribution in [2.24, 2.45) is 5.73 Å². The van der Waals surface area contributed by atoms with Gasteiger partial charge in [-0.1, -0.05) is 13.3 Å². The number of piperidine rings is 1. The molecule has 0 bridgehead atoms. The predicted octanol–water partition coefficient (Wildman–Crippen LogP) is 3.32. The van der Waals surface area contributed by atoms with Gasteiger partial charge in [-0.3, -0.25) is 0 Å². The minimum absolute atomic E-state index is 0.587. The first kappa shape index (κ1) is 14.3. The third kappa shape index (κ3) is 3.08. The quantitative estimate of drug-likeness (QED) is 0.904. The Labute approximate surface area is 117 Å². The van der Waals surface area contributed by atoms with E-state index < -0.39 is 0 Å². The number of hydrogen-bond acceptors (Lipinski definition) is 3. The van der Waals surface area contributed by atoms with Gasteiger partial charge in [-0.25, -0.2) is 4.98 Å². The minimum Gasteiger partial charge on any atom is -0.353 e. The number of aryl methyl sites for hydroxylation is 2. The van der Waals surface area contributed by atoms with Gasteiger partial charge in [0.1, 0.15) is 5.82 Å². The van der Waals surface area contributed by atoms with E-state index in [1.54, 1.807) is 0 Å². The monoisotopic (exact) mass is 261 g/mol. The number of hydrogen-bond donors (Lipinski definition) is 1. The van der Waals surface area contributed by atoms with Crippen LogP contribution >= 0.6 is 0 Å². The van der Waals surface area contributed by atoms with Crippen LogP contribution in [-0.4, -0.2) is 17.6 Å². The van der Waals surface area contributed by atoms with E-state index in [-0.39, 0.29) is 0 Å². The number of anilines is 1. The van der Waals surface area contributed by atoms with E-state index in [1.807, 2.05) is 0 Å². The van der Waals surface area contributed by atoms with Crippen molar-refractivity contribution in [3.05, 3.63) is 22.9 Å². The third-order valence-corrected chi connectivity index (χ3v) is 4.18. The zero-order valence-corrected chi connectivity index (χ0v) is 12.6. The predicted molar refractivity (Wildman–Crippen MR) is 81.5 cm³/mol. The van der Waals surface area contributed by atoms with Gasteiger partial charge in [0.25, 0.3) is 0 Å². The van der Waals surface area contributed by atoms with Crippen molar-refractivity contribution in [2.45, 2.75) is 65.5 Å². The number of pyridine rings is 1. The molecule has 0 saturated carbocycles. The smallest absolute Gasteiger partial charge is 0.133 e. The van der Waals surface area contributed by atoms with Gasteiger partial charge < -0.3 is 10.6 Å². The molecule has 0 aromatic carbocycles. The van der Waals surface area contributed by atoms with Crippen LogP contribution in [0.25, 0.3) is 0 Å². The Hall–Kier alpha value is -1.09. The molecule has 1 aromatic heterocycles. The van der Waals surface area contributed by atoms with Crippen molar-refractivity contribution < 1.29 is 0 Å². The van der Waals surface area contributed by atoms with Gasteiger partial charge in [0.2, 0.25) is 0 Å². The number of nitrogens with zero attached hydrogens (tertiary/aromatic N) is 2. The highest BCUT2D eigenvalue weighted by atomic mass is 15.2. The fourth-order valence-electron chi connectivity index (χ4n) is 3.25. The molecule has 1 aromatic rings. The summed E-state index contributed by atoms with van der Waals surface area (Å²) in [5.41, 5.74) is 9.58. The van der Waals surface area contributed by atoms with E-state index in [0.29, 0.717) is 12.6 Å². The van der Waals surface area contributed by atoms with Crippen LogP contribution in [0.1, 0.15) is 55.8 Å². The molecule has 0 aliphatic carbocycles. The molecule has 3 heteroatoms. The van der Waals surface area contributed by atoms with E-state index in [2.05, 4.69) is 31.7 Å². The van der Waals surface area contributed by atoms with Crippen molar-refractivity contribution in [3.63, 3.8) is 0 Å². The van der Waals surface area contributed by atoms with Crippen molar-refractivity contribution in [2.75, 3.05) is 11.4 Å². The van der Waals surface area contributed by atoms with Gasteiger partial charge >= 0.3 is 0 Å². The Morgan fingerprint density at radius 2 is 2.16 bits per heavy atom. The lowest BCUT2D eigenvalue weighted by molar-refractivity contribution is 0.430. The third-order valence-electron chi connectivity index (χ3n) is 4.18. The molecule has 1 aliphatic heterocycles. The fourth-order valence-corrected chi connectivity index (χ4v) is 3.25. The molecular weight excluding hydrogens is 234 g/mol. The molecule has 19 heavy (non-hydrogen) atoms. The lowest BCUT2D eigenvalue weighted by Gasteiger charge is -2.38. The second-order valence-electron chi connectivity index (χ2n) is 5.72. The van der Waals surface area contributed by atoms with Crippen LogP contribution in [0.4, 0.5) is 5.82 Å². The number of nitrogens with two attached hydrogens (primary N) is 1. The number of aromatic nitrogens is 1. The maximum Gasteiger partial charge on any atom is 0.133 e. The first-order chi connectivity index (χ1) is 9.17. The Morgan fingerprint density at radius 1 is 1.37 bits per heavy atom. The standard InChI is InChI=1S/C16H27N3/c1-4-7-14-8-5-6-9-19(14)16-15(11-17)12(2)10-13(3)18-16/h10,14H,4-9,11,17H2,1-3H3. The first-order valence-electron chi connectivity index (χ1n) is 7.61. The van der Waals surface area contributed by atoms with Gasteiger partial charge in [0, 0.05) is 30.4 Å². The highest BCUT2D eigenvalue weighted by molar-refractivity contribution is 5.52. The number of rotatable bonds is 4. The molecule has 1 aliphatic rings. The SMILES string of the molecule is CCCC1CCCCN1c1nc(C)cc(C)c1CN. The highest BCUT2D eigenvalue weighted by Crippen LogP contribution is 2.30. The summed E-state index contributed by atoms with van der Waals surface area (Å²) >= 11 is 0. The second-order valence-corrected chi connectivity index (χ2v) is 5.72. The van der Waals surface area contributed by atoms with Crippen molar-refractivity contribution in [1.29, 1.82) is 0 Å². The molecule has 2 rings (SSSR count). The van der Waals surface area contributed by atoms with Crippen LogP contribution < -0.4 is 10.6 Å². The van der Waals surface area contributed by atoms with Crippen LogP contribution in [0, 0.1) is 13.8 Å². The van der Waals surface area contributed by atoms with Gasteiger partial charge in [-0.2, -0.15) is 0 Å². The lowest BCUT2D eigenvalue weighted by Crippen LogP contribution is -2.41. The molecule has 0 amide bonds. The maximum absolute atomic E-state index is 5.96. The van der Waals surface area contributed by atoms with E-state index in [4.69, 9.17) is 10.7 Å². The van der Waals surface area contributed by atoms with Crippen LogP contribution in [0.3, 0.4) is 0 Å². The summed E-state index contributed by atoms with van der Waals surface area (Å²) in [6.45, 7) is 8.22. The summed E-state index contributed by atoms with van der Waals surface area (Å²) in [5.74, 6) is 1.15. The molecule has 2 heterocycles. The molecule has 3 nitrogen and oxygen atoms in total. The summed E-state index contributed by atoms with van der Waals surface area (Å²) in [4.78, 5) is 7.33. The van der Waals surface area contributed by atoms with Crippen LogP contribution in [0.2, 0.25) is 0 Å². The Morgan fingerprint density at radius 3 is 2.84 bits per heavy atom. The molecule has 2 N–H and O–H groups in total. The molecule has 0 spiro atoms. The molecular formula is C16H27N3. The van der Waals surface area contributed by atoms with Crippen LogP contribution in [0.15, 0.2) is 6.07 Å². The first-order valence-corrected chi connectivity index (χ1v) is 7.61. The zero-order valence-electron chi connectivity index (χ0n) is 12.6. The summed E-state index contributed by atoms with van der Waals surface area (Å²) in [6.07, 6.45) is 6.43. The topological polar surface area (TPSA) is 42.2 Å². The van der Waals surface area contributed by atoms with Crippen molar-refractivity contribution >= 4 is 5.82 Å². The average molecular weight is 261 g/mol. The summed E-state index contributed by atoms with van der Waals surface area (Å²) in [7, 11) is 0.